The standard InChI is InChI=1S/C48H39N3/c1-48(2,3)31-49-42-18-10-7-15-36(42)41-30-35(23-26-43(41)49)51-45-20-12-9-17-38(45)40-29-33(22-25-47(40)51)27-32-21-24-46-39(28-32)37-16-8-11-19-44(37)50(46)34-13-5-4-6-14-34/h4-26,28-30H,27,31H2,1-3H3. The third-order valence-corrected chi connectivity index (χ3v) is 10.5. The number of fused-ring (bicyclic) bond motifs is 9. The Balaban J connectivity index is 1.09. The highest BCUT2D eigenvalue weighted by molar-refractivity contribution is 6.12. The van der Waals surface area contributed by atoms with E-state index >= 15 is 0 Å². The van der Waals surface area contributed by atoms with Gasteiger partial charge in [-0.05, 0) is 95.8 Å². The van der Waals surface area contributed by atoms with Gasteiger partial charge in [-0.15, -0.1) is 0 Å². The zero-order chi connectivity index (χ0) is 34.3. The molecule has 3 heterocycles. The van der Waals surface area contributed by atoms with Crippen LogP contribution in [-0.2, 0) is 13.0 Å². The first-order valence-corrected chi connectivity index (χ1v) is 18.0. The molecule has 0 atom stereocenters. The number of benzene rings is 7. The van der Waals surface area contributed by atoms with Crippen LogP contribution < -0.4 is 0 Å². The Morgan fingerprint density at radius 2 is 0.804 bits per heavy atom. The van der Waals surface area contributed by atoms with Crippen LogP contribution in [-0.4, -0.2) is 13.7 Å². The second kappa shape index (κ2) is 11.2. The van der Waals surface area contributed by atoms with Crippen LogP contribution in [0.3, 0.4) is 0 Å². The van der Waals surface area contributed by atoms with Gasteiger partial charge in [-0.1, -0.05) is 106 Å². The Hall–Kier alpha value is -6.06. The summed E-state index contributed by atoms with van der Waals surface area (Å²) < 4.78 is 7.34. The van der Waals surface area contributed by atoms with Gasteiger partial charge in [0.25, 0.3) is 0 Å². The SMILES string of the molecule is CC(C)(C)Cn1c2ccccc2c2cc(-n3c4ccccc4c4cc(Cc5ccc6c(c5)c5ccccc5n6-c5ccccc5)ccc43)ccc21. The maximum absolute atomic E-state index is 2.50. The average Bonchev–Trinajstić information content (AvgIpc) is 3.77. The molecule has 7 aromatic carbocycles. The van der Waals surface area contributed by atoms with Crippen molar-refractivity contribution in [3.63, 3.8) is 0 Å². The Labute approximate surface area is 297 Å². The first-order valence-electron chi connectivity index (χ1n) is 18.0. The molecule has 0 aliphatic heterocycles. The number of hydrogen-bond acceptors (Lipinski definition) is 0. The average molecular weight is 658 g/mol. The lowest BCUT2D eigenvalue weighted by atomic mass is 9.97. The largest absolute Gasteiger partial charge is 0.340 e. The van der Waals surface area contributed by atoms with E-state index in [2.05, 4.69) is 192 Å². The molecule has 0 unspecified atom stereocenters. The number of aromatic nitrogens is 3. The van der Waals surface area contributed by atoms with Crippen LogP contribution in [0.1, 0.15) is 31.9 Å². The van der Waals surface area contributed by atoms with Gasteiger partial charge in [0, 0.05) is 61.3 Å². The van der Waals surface area contributed by atoms with E-state index in [1.807, 2.05) is 0 Å². The smallest absolute Gasteiger partial charge is 0.0541 e. The van der Waals surface area contributed by atoms with Crippen LogP contribution in [0, 0.1) is 5.41 Å². The van der Waals surface area contributed by atoms with Crippen LogP contribution in [0.5, 0.6) is 0 Å². The Kier molecular flexibility index (Phi) is 6.57. The first kappa shape index (κ1) is 29.8. The van der Waals surface area contributed by atoms with E-state index in [4.69, 9.17) is 0 Å². The van der Waals surface area contributed by atoms with Gasteiger partial charge in [0.15, 0.2) is 0 Å². The number of nitrogens with zero attached hydrogens (tertiary/aromatic N) is 3. The third-order valence-electron chi connectivity index (χ3n) is 10.5. The molecule has 0 saturated carbocycles. The molecule has 0 bridgehead atoms. The summed E-state index contributed by atoms with van der Waals surface area (Å²) in [5.41, 5.74) is 12.7. The molecule has 0 saturated heterocycles. The maximum atomic E-state index is 2.50. The summed E-state index contributed by atoms with van der Waals surface area (Å²) in [6.07, 6.45) is 0.871. The highest BCUT2D eigenvalue weighted by Crippen LogP contribution is 2.38. The van der Waals surface area contributed by atoms with Gasteiger partial charge in [-0.3, -0.25) is 0 Å². The molecule has 3 nitrogen and oxygen atoms in total. The van der Waals surface area contributed by atoms with Crippen molar-refractivity contribution in [2.24, 2.45) is 5.41 Å². The molecule has 246 valence electrons. The van der Waals surface area contributed by atoms with Gasteiger partial charge in [0.1, 0.15) is 0 Å². The summed E-state index contributed by atoms with van der Waals surface area (Å²) in [7, 11) is 0. The van der Waals surface area contributed by atoms with Crippen LogP contribution in [0.25, 0.3) is 76.8 Å². The number of rotatable bonds is 5. The van der Waals surface area contributed by atoms with Crippen LogP contribution in [0.15, 0.2) is 158 Å². The molecule has 0 N–H and O–H groups in total. The van der Waals surface area contributed by atoms with Crippen molar-refractivity contribution < 1.29 is 0 Å². The fourth-order valence-electron chi connectivity index (χ4n) is 8.45. The quantitative estimate of drug-likeness (QED) is 0.175. The molecule has 10 rings (SSSR count). The Bertz CT molecular complexity index is 2940. The lowest BCUT2D eigenvalue weighted by molar-refractivity contribution is 0.354. The number of hydrogen-bond donors (Lipinski definition) is 0. The van der Waals surface area contributed by atoms with Gasteiger partial charge in [0.05, 0.1) is 22.1 Å². The summed E-state index contributed by atoms with van der Waals surface area (Å²) in [6, 6.07) is 58.3. The minimum Gasteiger partial charge on any atom is -0.340 e. The lowest BCUT2D eigenvalue weighted by Crippen LogP contribution is -2.15. The van der Waals surface area contributed by atoms with Crippen LogP contribution in [0.2, 0.25) is 0 Å². The van der Waals surface area contributed by atoms with E-state index < -0.39 is 0 Å². The highest BCUT2D eigenvalue weighted by atomic mass is 15.0. The van der Waals surface area contributed by atoms with Crippen molar-refractivity contribution in [1.29, 1.82) is 0 Å². The highest BCUT2D eigenvalue weighted by Gasteiger charge is 2.19. The van der Waals surface area contributed by atoms with Crippen LogP contribution in [0.4, 0.5) is 0 Å². The predicted octanol–water partition coefficient (Wildman–Crippen LogP) is 12.6. The monoisotopic (exact) mass is 657 g/mol. The molecule has 3 aromatic heterocycles. The van der Waals surface area contributed by atoms with Gasteiger partial charge in [-0.25, -0.2) is 0 Å². The van der Waals surface area contributed by atoms with Gasteiger partial charge < -0.3 is 13.7 Å². The molecular weight excluding hydrogens is 619 g/mol. The third kappa shape index (κ3) is 4.80. The molecule has 0 aliphatic carbocycles. The molecule has 51 heavy (non-hydrogen) atoms. The maximum Gasteiger partial charge on any atom is 0.0541 e. The van der Waals surface area contributed by atoms with Crippen molar-refractivity contribution in [1.82, 2.24) is 13.7 Å². The second-order valence-corrected chi connectivity index (χ2v) is 15.3. The molecular formula is C48H39N3. The van der Waals surface area contributed by atoms with Gasteiger partial charge in [-0.2, -0.15) is 0 Å². The molecule has 0 spiro atoms. The fraction of sp³-hybridized carbons (Fsp3) is 0.125. The van der Waals surface area contributed by atoms with E-state index in [0.717, 1.165) is 13.0 Å². The van der Waals surface area contributed by atoms with E-state index in [1.54, 1.807) is 0 Å². The predicted molar refractivity (Wildman–Crippen MR) is 217 cm³/mol. The van der Waals surface area contributed by atoms with Crippen molar-refractivity contribution in [2.45, 2.75) is 33.7 Å². The summed E-state index contributed by atoms with van der Waals surface area (Å²) in [6.45, 7) is 7.92. The van der Waals surface area contributed by atoms with E-state index in [0.29, 0.717) is 0 Å². The fourth-order valence-corrected chi connectivity index (χ4v) is 8.45. The molecule has 3 heteroatoms. The summed E-state index contributed by atoms with van der Waals surface area (Å²) in [4.78, 5) is 0. The lowest BCUT2D eigenvalue weighted by Gasteiger charge is -2.21. The summed E-state index contributed by atoms with van der Waals surface area (Å²) in [5, 5.41) is 7.77. The van der Waals surface area contributed by atoms with Gasteiger partial charge in [0.2, 0.25) is 0 Å². The Morgan fingerprint density at radius 3 is 1.39 bits per heavy atom. The minimum absolute atomic E-state index is 0.171. The van der Waals surface area contributed by atoms with E-state index in [1.165, 1.54) is 87.9 Å². The van der Waals surface area contributed by atoms with E-state index in [9.17, 15) is 0 Å². The Morgan fingerprint density at radius 1 is 0.373 bits per heavy atom. The molecule has 0 amide bonds. The topological polar surface area (TPSA) is 14.8 Å². The molecule has 0 radical (unpaired) electrons. The van der Waals surface area contributed by atoms with Crippen molar-refractivity contribution in [3.05, 3.63) is 169 Å². The second-order valence-electron chi connectivity index (χ2n) is 15.3. The van der Waals surface area contributed by atoms with E-state index in [-0.39, 0.29) is 5.41 Å². The van der Waals surface area contributed by atoms with Crippen LogP contribution >= 0.6 is 0 Å². The van der Waals surface area contributed by atoms with Crippen molar-refractivity contribution >= 4 is 65.4 Å². The first-order chi connectivity index (χ1) is 24.9. The minimum atomic E-state index is 0.171. The zero-order valence-electron chi connectivity index (χ0n) is 29.3. The number of para-hydroxylation sites is 4. The summed E-state index contributed by atoms with van der Waals surface area (Å²) >= 11 is 0. The molecule has 0 aliphatic rings. The molecule has 10 aromatic rings. The summed E-state index contributed by atoms with van der Waals surface area (Å²) in [5.74, 6) is 0. The van der Waals surface area contributed by atoms with Crippen molar-refractivity contribution in [2.75, 3.05) is 0 Å². The molecule has 0 fully saturated rings. The van der Waals surface area contributed by atoms with Gasteiger partial charge >= 0.3 is 0 Å². The van der Waals surface area contributed by atoms with Crippen molar-refractivity contribution in [3.8, 4) is 11.4 Å². The zero-order valence-corrected chi connectivity index (χ0v) is 29.3. The normalized spacial score (nSPS) is 12.4.